The van der Waals surface area contributed by atoms with Crippen LogP contribution in [0.1, 0.15) is 21.6 Å². The molecule has 2 aromatic rings. The molecule has 1 aromatic heterocycles. The van der Waals surface area contributed by atoms with Crippen LogP contribution in [0.3, 0.4) is 0 Å². The van der Waals surface area contributed by atoms with Crippen LogP contribution in [0.25, 0.3) is 0 Å². The van der Waals surface area contributed by atoms with Crippen molar-refractivity contribution in [1.29, 1.82) is 0 Å². The molecular formula is C17H20N2O4S. The number of hydrogen-bond donors (Lipinski definition) is 0. The van der Waals surface area contributed by atoms with Crippen LogP contribution in [0.4, 0.5) is 0 Å². The van der Waals surface area contributed by atoms with E-state index in [1.165, 1.54) is 11.4 Å². The smallest absolute Gasteiger partial charge is 0.337 e. The van der Waals surface area contributed by atoms with Gasteiger partial charge >= 0.3 is 5.97 Å². The molecule has 0 atom stereocenters. The summed E-state index contributed by atoms with van der Waals surface area (Å²) in [7, 11) is -0.573. The molecule has 7 heteroatoms. The fraction of sp³-hybridized carbons (Fsp3) is 0.294. The average Bonchev–Trinajstić information content (AvgIpc) is 2.60. The zero-order valence-electron chi connectivity index (χ0n) is 13.7. The van der Waals surface area contributed by atoms with E-state index in [4.69, 9.17) is 0 Å². The van der Waals surface area contributed by atoms with Gasteiger partial charge in [0.15, 0.2) is 0 Å². The molecule has 24 heavy (non-hydrogen) atoms. The van der Waals surface area contributed by atoms with Crippen molar-refractivity contribution in [2.24, 2.45) is 0 Å². The largest absolute Gasteiger partial charge is 0.465 e. The number of pyridine rings is 1. The molecule has 0 aliphatic carbocycles. The Balaban J connectivity index is 1.98. The van der Waals surface area contributed by atoms with E-state index in [1.54, 1.807) is 37.5 Å². The number of methoxy groups -OCH3 is 1. The number of benzene rings is 1. The second-order valence-electron chi connectivity index (χ2n) is 5.34. The standard InChI is InChI=1S/C17H20N2O4S/c1-19(12-10-16-5-3-4-11-18-16)24(21,22)13-14-6-8-15(9-7-14)17(20)23-2/h3-9,11H,10,12-13H2,1-2H3. The minimum Gasteiger partial charge on any atom is -0.465 e. The molecule has 0 unspecified atom stereocenters. The summed E-state index contributed by atoms with van der Waals surface area (Å²) in [6.07, 6.45) is 2.24. The predicted molar refractivity (Wildman–Crippen MR) is 91.0 cm³/mol. The third-order valence-corrected chi connectivity index (χ3v) is 5.44. The van der Waals surface area contributed by atoms with Crippen LogP contribution in [-0.4, -0.2) is 44.4 Å². The summed E-state index contributed by atoms with van der Waals surface area (Å²) in [5.41, 5.74) is 1.86. The summed E-state index contributed by atoms with van der Waals surface area (Å²) in [6, 6.07) is 11.9. The minimum atomic E-state index is -3.43. The van der Waals surface area contributed by atoms with Gasteiger partial charge in [0, 0.05) is 31.9 Å². The van der Waals surface area contributed by atoms with Gasteiger partial charge in [-0.1, -0.05) is 18.2 Å². The molecule has 0 fully saturated rings. The Labute approximate surface area is 142 Å². The molecule has 2 rings (SSSR count). The van der Waals surface area contributed by atoms with E-state index >= 15 is 0 Å². The van der Waals surface area contributed by atoms with Crippen molar-refractivity contribution in [3.8, 4) is 0 Å². The number of ether oxygens (including phenoxy) is 1. The Morgan fingerprint density at radius 2 is 1.88 bits per heavy atom. The van der Waals surface area contributed by atoms with Crippen LogP contribution in [0.5, 0.6) is 0 Å². The summed E-state index contributed by atoms with van der Waals surface area (Å²) in [5.74, 6) is -0.565. The summed E-state index contributed by atoms with van der Waals surface area (Å²) in [6.45, 7) is 0.361. The number of nitrogens with zero attached hydrogens (tertiary/aromatic N) is 2. The Hall–Kier alpha value is -2.25. The van der Waals surface area contributed by atoms with Gasteiger partial charge in [-0.3, -0.25) is 4.98 Å². The van der Waals surface area contributed by atoms with Crippen LogP contribution < -0.4 is 0 Å². The number of likely N-dealkylation sites (N-methyl/N-ethyl adjacent to an activating group) is 1. The molecular weight excluding hydrogens is 328 g/mol. The van der Waals surface area contributed by atoms with Gasteiger partial charge in [0.05, 0.1) is 18.4 Å². The monoisotopic (exact) mass is 348 g/mol. The first-order valence-electron chi connectivity index (χ1n) is 7.43. The Morgan fingerprint density at radius 3 is 2.46 bits per heavy atom. The van der Waals surface area contributed by atoms with E-state index < -0.39 is 16.0 Å². The lowest BCUT2D eigenvalue weighted by molar-refractivity contribution is 0.0600. The van der Waals surface area contributed by atoms with E-state index in [2.05, 4.69) is 9.72 Å². The van der Waals surface area contributed by atoms with Crippen LogP contribution in [-0.2, 0) is 26.9 Å². The van der Waals surface area contributed by atoms with Crippen molar-refractivity contribution in [2.45, 2.75) is 12.2 Å². The number of carbonyl (C=O) groups excluding carboxylic acids is 1. The number of rotatable bonds is 7. The molecule has 0 N–H and O–H groups in total. The van der Waals surface area contributed by atoms with Crippen LogP contribution in [0.15, 0.2) is 48.7 Å². The highest BCUT2D eigenvalue weighted by atomic mass is 32.2. The quantitative estimate of drug-likeness (QED) is 0.714. The number of hydrogen-bond acceptors (Lipinski definition) is 5. The molecule has 128 valence electrons. The van der Waals surface area contributed by atoms with Gasteiger partial charge in [0.2, 0.25) is 10.0 Å². The second kappa shape index (κ2) is 8.03. The third kappa shape index (κ3) is 4.87. The van der Waals surface area contributed by atoms with Crippen molar-refractivity contribution in [3.63, 3.8) is 0 Å². The van der Waals surface area contributed by atoms with Crippen molar-refractivity contribution in [3.05, 3.63) is 65.5 Å². The molecule has 1 aromatic carbocycles. The summed E-state index contributed by atoms with van der Waals surface area (Å²) >= 11 is 0. The van der Waals surface area contributed by atoms with Gasteiger partial charge in [0.25, 0.3) is 0 Å². The van der Waals surface area contributed by atoms with Crippen molar-refractivity contribution >= 4 is 16.0 Å². The lowest BCUT2D eigenvalue weighted by atomic mass is 10.1. The Morgan fingerprint density at radius 1 is 1.17 bits per heavy atom. The molecule has 0 aliphatic rings. The van der Waals surface area contributed by atoms with Crippen molar-refractivity contribution in [1.82, 2.24) is 9.29 Å². The number of esters is 1. The second-order valence-corrected chi connectivity index (χ2v) is 7.41. The fourth-order valence-corrected chi connectivity index (χ4v) is 3.34. The van der Waals surface area contributed by atoms with Gasteiger partial charge in [-0.25, -0.2) is 17.5 Å². The van der Waals surface area contributed by atoms with Gasteiger partial charge in [-0.05, 0) is 29.8 Å². The topological polar surface area (TPSA) is 76.6 Å². The minimum absolute atomic E-state index is 0.118. The highest BCUT2D eigenvalue weighted by molar-refractivity contribution is 7.88. The van der Waals surface area contributed by atoms with Crippen molar-refractivity contribution in [2.75, 3.05) is 20.7 Å². The predicted octanol–water partition coefficient (Wildman–Crippen LogP) is 1.87. The molecule has 0 spiro atoms. The van der Waals surface area contributed by atoms with E-state index in [1.807, 2.05) is 18.2 Å². The first kappa shape index (κ1) is 18.1. The average molecular weight is 348 g/mol. The van der Waals surface area contributed by atoms with Crippen molar-refractivity contribution < 1.29 is 17.9 Å². The lowest BCUT2D eigenvalue weighted by Crippen LogP contribution is -2.30. The Kier molecular flexibility index (Phi) is 6.05. The zero-order valence-corrected chi connectivity index (χ0v) is 14.5. The molecule has 0 bridgehead atoms. The maximum atomic E-state index is 12.4. The number of sulfonamides is 1. The molecule has 0 amide bonds. The number of carbonyl (C=O) groups is 1. The fourth-order valence-electron chi connectivity index (χ4n) is 2.13. The molecule has 0 saturated carbocycles. The van der Waals surface area contributed by atoms with Gasteiger partial charge < -0.3 is 4.74 Å². The van der Waals surface area contributed by atoms with E-state index in [-0.39, 0.29) is 5.75 Å². The van der Waals surface area contributed by atoms with Crippen LogP contribution in [0, 0.1) is 0 Å². The molecule has 6 nitrogen and oxygen atoms in total. The molecule has 0 aliphatic heterocycles. The summed E-state index contributed by atoms with van der Waals surface area (Å²) < 4.78 is 30.8. The number of aromatic nitrogens is 1. The maximum absolute atomic E-state index is 12.4. The van der Waals surface area contributed by atoms with E-state index in [0.717, 1.165) is 5.69 Å². The van der Waals surface area contributed by atoms with Gasteiger partial charge in [-0.2, -0.15) is 0 Å². The first-order valence-corrected chi connectivity index (χ1v) is 9.04. The van der Waals surface area contributed by atoms with E-state index in [9.17, 15) is 13.2 Å². The molecule has 0 radical (unpaired) electrons. The first-order chi connectivity index (χ1) is 11.4. The normalized spacial score (nSPS) is 11.5. The van der Waals surface area contributed by atoms with Crippen LogP contribution in [0.2, 0.25) is 0 Å². The maximum Gasteiger partial charge on any atom is 0.337 e. The molecule has 1 heterocycles. The van der Waals surface area contributed by atoms with E-state index in [0.29, 0.717) is 24.1 Å². The van der Waals surface area contributed by atoms with Gasteiger partial charge in [-0.15, -0.1) is 0 Å². The Bertz CT molecular complexity index is 774. The highest BCUT2D eigenvalue weighted by Crippen LogP contribution is 2.12. The highest BCUT2D eigenvalue weighted by Gasteiger charge is 2.18. The summed E-state index contributed by atoms with van der Waals surface area (Å²) in [4.78, 5) is 15.6. The lowest BCUT2D eigenvalue weighted by Gasteiger charge is -2.17. The SMILES string of the molecule is COC(=O)c1ccc(CS(=O)(=O)N(C)CCc2ccccn2)cc1. The third-order valence-electron chi connectivity index (χ3n) is 3.61. The molecule has 0 saturated heterocycles. The van der Waals surface area contributed by atoms with Crippen LogP contribution >= 0.6 is 0 Å². The van der Waals surface area contributed by atoms with Gasteiger partial charge in [0.1, 0.15) is 0 Å². The zero-order chi connectivity index (χ0) is 17.6. The summed E-state index contributed by atoms with van der Waals surface area (Å²) in [5, 5.41) is 0.